The van der Waals surface area contributed by atoms with Gasteiger partial charge in [0.05, 0.1) is 6.54 Å². The number of hydrogen-bond donors (Lipinski definition) is 1. The molecule has 1 saturated heterocycles. The number of aryl methyl sites for hydroxylation is 1. The van der Waals surface area contributed by atoms with Crippen LogP contribution in [0.15, 0.2) is 18.2 Å². The van der Waals surface area contributed by atoms with Crippen LogP contribution in [0.2, 0.25) is 0 Å². The highest BCUT2D eigenvalue weighted by Crippen LogP contribution is 2.28. The lowest BCUT2D eigenvalue weighted by Crippen LogP contribution is -2.41. The van der Waals surface area contributed by atoms with Gasteiger partial charge in [-0.25, -0.2) is 0 Å². The molecule has 0 unspecified atom stereocenters. The van der Waals surface area contributed by atoms with Gasteiger partial charge < -0.3 is 15.5 Å². The van der Waals surface area contributed by atoms with E-state index in [2.05, 4.69) is 23.1 Å². The Bertz CT molecular complexity index is 494. The molecule has 20 heavy (non-hydrogen) atoms. The van der Waals surface area contributed by atoms with Gasteiger partial charge in [0.2, 0.25) is 5.91 Å². The van der Waals surface area contributed by atoms with Gasteiger partial charge in [0.1, 0.15) is 0 Å². The number of rotatable bonds is 3. The van der Waals surface area contributed by atoms with Crippen molar-refractivity contribution in [2.75, 3.05) is 31.1 Å². The van der Waals surface area contributed by atoms with Gasteiger partial charge in [0.15, 0.2) is 0 Å². The lowest BCUT2D eigenvalue weighted by atomic mass is 9.99. The van der Waals surface area contributed by atoms with Gasteiger partial charge in [-0.05, 0) is 42.9 Å². The molecule has 1 amide bonds. The Morgan fingerprint density at radius 2 is 1.95 bits per heavy atom. The van der Waals surface area contributed by atoms with Crippen LogP contribution in [-0.4, -0.2) is 37.0 Å². The molecule has 0 radical (unpaired) electrons. The molecule has 0 atom stereocenters. The zero-order chi connectivity index (χ0) is 13.9. The van der Waals surface area contributed by atoms with Crippen molar-refractivity contribution in [1.82, 2.24) is 4.90 Å². The minimum atomic E-state index is 0.276. The zero-order valence-electron chi connectivity index (χ0n) is 12.0. The van der Waals surface area contributed by atoms with Crippen molar-refractivity contribution in [3.8, 4) is 0 Å². The number of nitrogens with two attached hydrogens (primary N) is 1. The molecule has 4 nitrogen and oxygen atoms in total. The maximum atomic E-state index is 12.3. The van der Waals surface area contributed by atoms with E-state index in [4.69, 9.17) is 5.73 Å². The van der Waals surface area contributed by atoms with Gasteiger partial charge in [-0.2, -0.15) is 0 Å². The van der Waals surface area contributed by atoms with Crippen LogP contribution in [0.4, 0.5) is 5.69 Å². The molecular formula is C16H23N3O. The maximum absolute atomic E-state index is 12.3. The minimum absolute atomic E-state index is 0.276. The summed E-state index contributed by atoms with van der Waals surface area (Å²) in [5.41, 5.74) is 9.45. The van der Waals surface area contributed by atoms with E-state index in [-0.39, 0.29) is 5.91 Å². The van der Waals surface area contributed by atoms with Crippen molar-refractivity contribution in [3.63, 3.8) is 0 Å². The molecule has 108 valence electrons. The Morgan fingerprint density at radius 3 is 2.70 bits per heavy atom. The molecule has 4 heteroatoms. The Kier molecular flexibility index (Phi) is 3.92. The van der Waals surface area contributed by atoms with Gasteiger partial charge in [0.25, 0.3) is 0 Å². The van der Waals surface area contributed by atoms with Crippen LogP contribution < -0.4 is 10.6 Å². The number of fused-ring (bicyclic) bond motifs is 1. The first-order valence-corrected chi connectivity index (χ1v) is 7.62. The van der Waals surface area contributed by atoms with E-state index in [0.717, 1.165) is 45.3 Å². The fourth-order valence-electron chi connectivity index (χ4n) is 3.25. The molecule has 3 rings (SSSR count). The summed E-state index contributed by atoms with van der Waals surface area (Å²) in [6, 6.07) is 6.41. The van der Waals surface area contributed by atoms with E-state index in [1.54, 1.807) is 0 Å². The maximum Gasteiger partial charge on any atom is 0.242 e. The monoisotopic (exact) mass is 273 g/mol. The third kappa shape index (κ3) is 2.66. The van der Waals surface area contributed by atoms with Crippen LogP contribution in [-0.2, 0) is 17.8 Å². The fourth-order valence-corrected chi connectivity index (χ4v) is 3.25. The Balaban J connectivity index is 1.74. The number of amides is 1. The molecule has 0 saturated carbocycles. The molecule has 0 aromatic heterocycles. The molecule has 2 aliphatic heterocycles. The Morgan fingerprint density at radius 1 is 1.15 bits per heavy atom. The van der Waals surface area contributed by atoms with Gasteiger partial charge in [-0.1, -0.05) is 12.1 Å². The summed E-state index contributed by atoms with van der Waals surface area (Å²) >= 11 is 0. The van der Waals surface area contributed by atoms with E-state index in [1.165, 1.54) is 16.8 Å². The van der Waals surface area contributed by atoms with E-state index >= 15 is 0 Å². The predicted molar refractivity (Wildman–Crippen MR) is 80.7 cm³/mol. The van der Waals surface area contributed by atoms with Crippen LogP contribution in [0.3, 0.4) is 0 Å². The molecule has 2 N–H and O–H groups in total. The largest absolute Gasteiger partial charge is 0.362 e. The highest BCUT2D eigenvalue weighted by Gasteiger charge is 2.23. The van der Waals surface area contributed by atoms with Crippen molar-refractivity contribution in [2.24, 2.45) is 5.73 Å². The first kappa shape index (κ1) is 13.4. The SMILES string of the molecule is NCc1ccc2c(c1)CCCN2CC(=O)N1CCCC1. The molecule has 2 aliphatic rings. The average Bonchev–Trinajstić information content (AvgIpc) is 3.01. The molecule has 1 aromatic carbocycles. The average molecular weight is 273 g/mol. The third-order valence-corrected chi connectivity index (χ3v) is 4.38. The molecule has 0 bridgehead atoms. The summed E-state index contributed by atoms with van der Waals surface area (Å²) < 4.78 is 0. The summed E-state index contributed by atoms with van der Waals surface area (Å²) in [6.45, 7) is 3.96. The third-order valence-electron chi connectivity index (χ3n) is 4.38. The highest BCUT2D eigenvalue weighted by atomic mass is 16.2. The first-order valence-electron chi connectivity index (χ1n) is 7.62. The van der Waals surface area contributed by atoms with E-state index in [9.17, 15) is 4.79 Å². The number of likely N-dealkylation sites (tertiary alicyclic amines) is 1. The van der Waals surface area contributed by atoms with Crippen LogP contribution in [0.5, 0.6) is 0 Å². The molecule has 0 spiro atoms. The summed E-state index contributed by atoms with van der Waals surface area (Å²) in [5.74, 6) is 0.276. The summed E-state index contributed by atoms with van der Waals surface area (Å²) in [6.07, 6.45) is 4.52. The molecule has 2 heterocycles. The highest BCUT2D eigenvalue weighted by molar-refractivity contribution is 5.82. The van der Waals surface area contributed by atoms with Crippen LogP contribution in [0.1, 0.15) is 30.4 Å². The number of carbonyl (C=O) groups is 1. The van der Waals surface area contributed by atoms with Crippen LogP contribution >= 0.6 is 0 Å². The van der Waals surface area contributed by atoms with Gasteiger partial charge in [-0.3, -0.25) is 4.79 Å². The van der Waals surface area contributed by atoms with Gasteiger partial charge in [-0.15, -0.1) is 0 Å². The number of nitrogens with zero attached hydrogens (tertiary/aromatic N) is 2. The van der Waals surface area contributed by atoms with Crippen molar-refractivity contribution in [3.05, 3.63) is 29.3 Å². The lowest BCUT2D eigenvalue weighted by Gasteiger charge is -2.32. The molecule has 1 aromatic rings. The van der Waals surface area contributed by atoms with Crippen LogP contribution in [0.25, 0.3) is 0 Å². The minimum Gasteiger partial charge on any atom is -0.362 e. The second-order valence-corrected chi connectivity index (χ2v) is 5.78. The molecular weight excluding hydrogens is 250 g/mol. The smallest absolute Gasteiger partial charge is 0.242 e. The standard InChI is InChI=1S/C16H23N3O/c17-11-13-5-6-15-14(10-13)4-3-9-19(15)12-16(20)18-7-1-2-8-18/h5-6,10H,1-4,7-9,11-12,17H2. The fraction of sp³-hybridized carbons (Fsp3) is 0.562. The van der Waals surface area contributed by atoms with Crippen LogP contribution in [0, 0.1) is 0 Å². The Labute approximate surface area is 120 Å². The quantitative estimate of drug-likeness (QED) is 0.908. The second kappa shape index (κ2) is 5.83. The van der Waals surface area contributed by atoms with Crippen molar-refractivity contribution in [1.29, 1.82) is 0 Å². The predicted octanol–water partition coefficient (Wildman–Crippen LogP) is 1.52. The van der Waals surface area contributed by atoms with Crippen molar-refractivity contribution in [2.45, 2.75) is 32.2 Å². The van der Waals surface area contributed by atoms with Gasteiger partial charge >= 0.3 is 0 Å². The first-order chi connectivity index (χ1) is 9.78. The zero-order valence-corrected chi connectivity index (χ0v) is 12.0. The van der Waals surface area contributed by atoms with Crippen molar-refractivity contribution >= 4 is 11.6 Å². The lowest BCUT2D eigenvalue weighted by molar-refractivity contribution is -0.128. The number of hydrogen-bond acceptors (Lipinski definition) is 3. The van der Waals surface area contributed by atoms with E-state index in [0.29, 0.717) is 13.1 Å². The molecule has 0 aliphatic carbocycles. The number of anilines is 1. The second-order valence-electron chi connectivity index (χ2n) is 5.78. The topological polar surface area (TPSA) is 49.6 Å². The Hall–Kier alpha value is -1.55. The van der Waals surface area contributed by atoms with E-state index in [1.807, 2.05) is 4.90 Å². The normalized spacial score (nSPS) is 18.2. The summed E-state index contributed by atoms with van der Waals surface area (Å²) in [5, 5.41) is 0. The van der Waals surface area contributed by atoms with Gasteiger partial charge in [0, 0.05) is 31.9 Å². The number of benzene rings is 1. The molecule has 1 fully saturated rings. The van der Waals surface area contributed by atoms with Crippen molar-refractivity contribution < 1.29 is 4.79 Å². The number of carbonyl (C=O) groups excluding carboxylic acids is 1. The van der Waals surface area contributed by atoms with E-state index < -0.39 is 0 Å². The summed E-state index contributed by atoms with van der Waals surface area (Å²) in [7, 11) is 0. The summed E-state index contributed by atoms with van der Waals surface area (Å²) in [4.78, 5) is 16.5.